The molecule has 8 nitrogen and oxygen atoms in total. The zero-order valence-corrected chi connectivity index (χ0v) is 12.9. The number of carbonyl (C=O) groups is 1. The first kappa shape index (κ1) is 14.7. The molecule has 22 heavy (non-hydrogen) atoms. The molecule has 1 fully saturated rings. The normalized spacial score (nSPS) is 15.5. The lowest BCUT2D eigenvalue weighted by Gasteiger charge is -2.11. The van der Waals surface area contributed by atoms with E-state index in [-0.39, 0.29) is 24.1 Å². The highest BCUT2D eigenvalue weighted by Gasteiger charge is 2.19. The molecule has 0 aromatic carbocycles. The van der Waals surface area contributed by atoms with E-state index in [4.69, 9.17) is 0 Å². The number of hydrogen-bond acceptors (Lipinski definition) is 5. The number of amides is 1. The smallest absolute Gasteiger partial charge is 0.296 e. The molecule has 1 saturated carbocycles. The summed E-state index contributed by atoms with van der Waals surface area (Å²) in [5.41, 5.74) is 1.25. The van der Waals surface area contributed by atoms with Crippen LogP contribution in [0.2, 0.25) is 0 Å². The molecule has 8 heteroatoms. The van der Waals surface area contributed by atoms with Crippen molar-refractivity contribution in [1.29, 1.82) is 0 Å². The van der Waals surface area contributed by atoms with Crippen molar-refractivity contribution in [2.75, 3.05) is 0 Å². The van der Waals surface area contributed by atoms with Crippen LogP contribution in [0.5, 0.6) is 0 Å². The summed E-state index contributed by atoms with van der Waals surface area (Å²) < 4.78 is 2.72. The summed E-state index contributed by atoms with van der Waals surface area (Å²) >= 11 is 0. The molecule has 118 valence electrons. The van der Waals surface area contributed by atoms with Gasteiger partial charge >= 0.3 is 0 Å². The van der Waals surface area contributed by atoms with Crippen molar-refractivity contribution >= 4 is 16.9 Å². The van der Waals surface area contributed by atoms with Crippen LogP contribution in [0.1, 0.15) is 38.3 Å². The van der Waals surface area contributed by atoms with E-state index in [1.165, 1.54) is 0 Å². The standard InChI is InChI=1S/C14H20N6O2/c1-3-19-13-12(9(2)17-19)16-18-20(14(13)22)8-11(21)15-10-6-4-5-7-10/h10H,3-8H2,1-2H3,(H,15,21). The number of carbonyl (C=O) groups excluding carboxylic acids is 1. The van der Waals surface area contributed by atoms with Gasteiger partial charge in [0, 0.05) is 12.6 Å². The minimum Gasteiger partial charge on any atom is -0.352 e. The Labute approximate surface area is 127 Å². The van der Waals surface area contributed by atoms with Gasteiger partial charge in [-0.1, -0.05) is 18.1 Å². The Kier molecular flexibility index (Phi) is 3.91. The van der Waals surface area contributed by atoms with Crippen molar-refractivity contribution in [1.82, 2.24) is 30.1 Å². The molecule has 0 radical (unpaired) electrons. The van der Waals surface area contributed by atoms with Gasteiger partial charge in [0.25, 0.3) is 5.56 Å². The fourth-order valence-electron chi connectivity index (χ4n) is 2.98. The second-order valence-electron chi connectivity index (χ2n) is 5.70. The number of hydrogen-bond donors (Lipinski definition) is 1. The Morgan fingerprint density at radius 2 is 2.05 bits per heavy atom. The first-order valence-electron chi connectivity index (χ1n) is 7.70. The summed E-state index contributed by atoms with van der Waals surface area (Å²) in [6, 6.07) is 0.225. The third kappa shape index (κ3) is 2.60. The summed E-state index contributed by atoms with van der Waals surface area (Å²) in [5.74, 6) is -0.193. The fourth-order valence-corrected chi connectivity index (χ4v) is 2.98. The van der Waals surface area contributed by atoms with Crippen LogP contribution >= 0.6 is 0 Å². The van der Waals surface area contributed by atoms with Gasteiger partial charge in [0.05, 0.1) is 5.69 Å². The van der Waals surface area contributed by atoms with Crippen molar-refractivity contribution in [3.8, 4) is 0 Å². The highest BCUT2D eigenvalue weighted by atomic mass is 16.2. The van der Waals surface area contributed by atoms with Gasteiger partial charge in [0.2, 0.25) is 5.91 Å². The zero-order valence-electron chi connectivity index (χ0n) is 12.9. The average Bonchev–Trinajstić information content (AvgIpc) is 3.10. The van der Waals surface area contributed by atoms with E-state index in [9.17, 15) is 9.59 Å². The maximum absolute atomic E-state index is 12.5. The number of nitrogens with one attached hydrogen (secondary N) is 1. The van der Waals surface area contributed by atoms with Crippen LogP contribution in [-0.2, 0) is 17.9 Å². The lowest BCUT2D eigenvalue weighted by atomic mass is 10.2. The van der Waals surface area contributed by atoms with Gasteiger partial charge in [-0.05, 0) is 26.7 Å². The number of rotatable bonds is 4. The molecule has 0 atom stereocenters. The van der Waals surface area contributed by atoms with Crippen LogP contribution in [0, 0.1) is 6.92 Å². The Bertz CT molecular complexity index is 757. The van der Waals surface area contributed by atoms with Gasteiger partial charge in [-0.2, -0.15) is 9.78 Å². The quantitative estimate of drug-likeness (QED) is 0.881. The first-order chi connectivity index (χ1) is 10.6. The zero-order chi connectivity index (χ0) is 15.7. The van der Waals surface area contributed by atoms with Gasteiger partial charge < -0.3 is 5.32 Å². The molecule has 0 unspecified atom stereocenters. The summed E-state index contributed by atoms with van der Waals surface area (Å²) in [7, 11) is 0. The van der Waals surface area contributed by atoms with E-state index in [1.54, 1.807) is 11.6 Å². The van der Waals surface area contributed by atoms with E-state index in [0.29, 0.717) is 23.3 Å². The largest absolute Gasteiger partial charge is 0.352 e. The number of fused-ring (bicyclic) bond motifs is 1. The molecule has 2 aromatic heterocycles. The third-order valence-electron chi connectivity index (χ3n) is 4.10. The monoisotopic (exact) mass is 304 g/mol. The molecular weight excluding hydrogens is 284 g/mol. The van der Waals surface area contributed by atoms with Crippen molar-refractivity contribution < 1.29 is 4.79 Å². The minimum atomic E-state index is -0.325. The Balaban J connectivity index is 1.86. The average molecular weight is 304 g/mol. The van der Waals surface area contributed by atoms with Crippen molar-refractivity contribution in [3.63, 3.8) is 0 Å². The van der Waals surface area contributed by atoms with Crippen LogP contribution in [-0.4, -0.2) is 36.7 Å². The van der Waals surface area contributed by atoms with Crippen LogP contribution in [0.3, 0.4) is 0 Å². The topological polar surface area (TPSA) is 94.7 Å². The van der Waals surface area contributed by atoms with E-state index >= 15 is 0 Å². The number of aryl methyl sites for hydroxylation is 2. The highest BCUT2D eigenvalue weighted by molar-refractivity contribution is 5.78. The van der Waals surface area contributed by atoms with E-state index in [0.717, 1.165) is 30.4 Å². The first-order valence-corrected chi connectivity index (χ1v) is 7.70. The van der Waals surface area contributed by atoms with Crippen molar-refractivity contribution in [2.24, 2.45) is 0 Å². The SMILES string of the molecule is CCn1nc(C)c2nnn(CC(=O)NC3CCCC3)c(=O)c21. The maximum Gasteiger partial charge on any atom is 0.296 e. The highest BCUT2D eigenvalue weighted by Crippen LogP contribution is 2.17. The van der Waals surface area contributed by atoms with Gasteiger partial charge in [-0.15, -0.1) is 5.10 Å². The minimum absolute atomic E-state index is 0.105. The van der Waals surface area contributed by atoms with E-state index < -0.39 is 0 Å². The second-order valence-corrected chi connectivity index (χ2v) is 5.70. The van der Waals surface area contributed by atoms with Crippen LogP contribution in [0.25, 0.3) is 11.0 Å². The molecule has 1 N–H and O–H groups in total. The molecule has 0 spiro atoms. The van der Waals surface area contributed by atoms with E-state index in [1.807, 2.05) is 6.92 Å². The summed E-state index contributed by atoms with van der Waals surface area (Å²) in [5, 5.41) is 15.1. The van der Waals surface area contributed by atoms with Gasteiger partial charge in [-0.25, -0.2) is 0 Å². The molecular formula is C14H20N6O2. The predicted octanol–water partition coefficient (Wildman–Crippen LogP) is 0.375. The maximum atomic E-state index is 12.5. The second kappa shape index (κ2) is 5.86. The van der Waals surface area contributed by atoms with Crippen LogP contribution in [0.15, 0.2) is 4.79 Å². The van der Waals surface area contributed by atoms with Crippen LogP contribution < -0.4 is 10.9 Å². The summed E-state index contributed by atoms with van der Waals surface area (Å²) in [6.45, 7) is 4.16. The molecule has 0 bridgehead atoms. The Hall–Kier alpha value is -2.25. The van der Waals surface area contributed by atoms with Gasteiger partial charge in [-0.3, -0.25) is 14.3 Å². The Morgan fingerprint density at radius 3 is 2.73 bits per heavy atom. The number of aromatic nitrogens is 5. The molecule has 2 heterocycles. The lowest BCUT2D eigenvalue weighted by molar-refractivity contribution is -0.122. The summed E-state index contributed by atoms with van der Waals surface area (Å²) in [6.07, 6.45) is 4.30. The van der Waals surface area contributed by atoms with Crippen molar-refractivity contribution in [3.05, 3.63) is 16.0 Å². The number of nitrogens with zero attached hydrogens (tertiary/aromatic N) is 5. The summed E-state index contributed by atoms with van der Waals surface area (Å²) in [4.78, 5) is 24.6. The van der Waals surface area contributed by atoms with Crippen LogP contribution in [0.4, 0.5) is 0 Å². The van der Waals surface area contributed by atoms with Gasteiger partial charge in [0.1, 0.15) is 12.1 Å². The Morgan fingerprint density at radius 1 is 1.32 bits per heavy atom. The fraction of sp³-hybridized carbons (Fsp3) is 0.643. The molecule has 1 aliphatic carbocycles. The molecule has 2 aromatic rings. The molecule has 0 saturated heterocycles. The molecule has 1 amide bonds. The lowest BCUT2D eigenvalue weighted by Crippen LogP contribution is -2.38. The van der Waals surface area contributed by atoms with Crippen molar-refractivity contribution in [2.45, 2.75) is 58.7 Å². The molecule has 3 rings (SSSR count). The molecule has 0 aliphatic heterocycles. The third-order valence-corrected chi connectivity index (χ3v) is 4.10. The predicted molar refractivity (Wildman–Crippen MR) is 80.4 cm³/mol. The molecule has 1 aliphatic rings. The van der Waals surface area contributed by atoms with E-state index in [2.05, 4.69) is 20.7 Å². The van der Waals surface area contributed by atoms with Gasteiger partial charge in [0.15, 0.2) is 5.52 Å².